The van der Waals surface area contributed by atoms with E-state index in [0.717, 1.165) is 0 Å². The van der Waals surface area contributed by atoms with Crippen molar-refractivity contribution in [2.45, 2.75) is 18.0 Å². The molecule has 0 bridgehead atoms. The number of nitriles is 2. The molecule has 1 saturated heterocycles. The monoisotopic (exact) mass is 476 g/mol. The maximum atomic E-state index is 14.2. The Morgan fingerprint density at radius 2 is 1.64 bits per heavy atom. The van der Waals surface area contributed by atoms with Crippen LogP contribution in [0.25, 0.3) is 6.08 Å². The molecule has 0 aromatic heterocycles. The molecule has 176 valence electrons. The maximum Gasteiger partial charge on any atom is 0.271 e. The molecule has 2 heterocycles. The van der Waals surface area contributed by atoms with E-state index >= 15 is 0 Å². The van der Waals surface area contributed by atoms with Gasteiger partial charge >= 0.3 is 0 Å². The number of fused-ring (bicyclic) bond motifs is 3. The van der Waals surface area contributed by atoms with Gasteiger partial charge in [-0.25, -0.2) is 0 Å². The molecular formula is C28H20N4O4. The van der Waals surface area contributed by atoms with Crippen molar-refractivity contribution >= 4 is 17.5 Å². The minimum Gasteiger partial charge on any atom is -0.497 e. The topological polar surface area (TPSA) is 120 Å². The number of para-hydroxylation sites is 1. The molecule has 0 N–H and O–H groups in total. The standard InChI is InChI=1S/C28H20N4O4/c1-36-21-13-11-19(12-14-21)26(33)25-24(18-7-3-2-4-8-18)28(16-29,17-30)27-23(32(34)35)15-20-9-5-6-10-22(20)31(25)27/h2-15,24-25,27H,1H3. The molecule has 1 fully saturated rings. The fourth-order valence-corrected chi connectivity index (χ4v) is 5.46. The summed E-state index contributed by atoms with van der Waals surface area (Å²) < 4.78 is 5.22. The Kier molecular flexibility index (Phi) is 5.50. The van der Waals surface area contributed by atoms with Crippen molar-refractivity contribution < 1.29 is 14.5 Å². The Hall–Kier alpha value is -4.95. The summed E-state index contributed by atoms with van der Waals surface area (Å²) in [5.74, 6) is -0.730. The highest BCUT2D eigenvalue weighted by Gasteiger charge is 2.68. The van der Waals surface area contributed by atoms with Gasteiger partial charge in [0.15, 0.2) is 17.2 Å². The molecule has 5 rings (SSSR count). The summed E-state index contributed by atoms with van der Waals surface area (Å²) in [7, 11) is 1.52. The van der Waals surface area contributed by atoms with E-state index in [1.54, 1.807) is 83.8 Å². The fraction of sp³-hybridized carbons (Fsp3) is 0.179. The lowest BCUT2D eigenvalue weighted by atomic mass is 9.68. The summed E-state index contributed by atoms with van der Waals surface area (Å²) in [6.45, 7) is 0. The van der Waals surface area contributed by atoms with Crippen LogP contribution in [-0.4, -0.2) is 29.9 Å². The Balaban J connectivity index is 1.82. The molecule has 0 radical (unpaired) electrons. The van der Waals surface area contributed by atoms with Gasteiger partial charge in [-0.2, -0.15) is 10.5 Å². The molecule has 3 atom stereocenters. The molecule has 0 spiro atoms. The van der Waals surface area contributed by atoms with E-state index in [4.69, 9.17) is 4.74 Å². The molecule has 2 aliphatic heterocycles. The zero-order valence-corrected chi connectivity index (χ0v) is 19.2. The molecule has 0 amide bonds. The number of carbonyl (C=O) groups is 1. The van der Waals surface area contributed by atoms with Crippen LogP contribution in [0.2, 0.25) is 0 Å². The number of nitro groups is 1. The third-order valence-corrected chi connectivity index (χ3v) is 7.00. The number of rotatable bonds is 5. The van der Waals surface area contributed by atoms with Gasteiger partial charge in [0.2, 0.25) is 0 Å². The van der Waals surface area contributed by atoms with Gasteiger partial charge in [-0.3, -0.25) is 14.9 Å². The van der Waals surface area contributed by atoms with E-state index in [1.165, 1.54) is 13.2 Å². The Morgan fingerprint density at radius 1 is 1.00 bits per heavy atom. The second-order valence-corrected chi connectivity index (χ2v) is 8.71. The van der Waals surface area contributed by atoms with E-state index < -0.39 is 28.3 Å². The Morgan fingerprint density at radius 3 is 2.25 bits per heavy atom. The first-order valence-electron chi connectivity index (χ1n) is 11.3. The van der Waals surface area contributed by atoms with E-state index in [-0.39, 0.29) is 11.5 Å². The molecule has 8 heteroatoms. The molecule has 0 aliphatic carbocycles. The molecule has 0 saturated carbocycles. The Labute approximate surface area is 207 Å². The number of hydrogen-bond donors (Lipinski definition) is 0. The minimum absolute atomic E-state index is 0.289. The molecule has 3 aromatic carbocycles. The van der Waals surface area contributed by atoms with Crippen LogP contribution < -0.4 is 9.64 Å². The van der Waals surface area contributed by atoms with Crippen LogP contribution in [0.1, 0.15) is 27.4 Å². The summed E-state index contributed by atoms with van der Waals surface area (Å²) in [5.41, 5.74) is -0.146. The summed E-state index contributed by atoms with van der Waals surface area (Å²) >= 11 is 0. The van der Waals surface area contributed by atoms with Crippen LogP contribution in [0.5, 0.6) is 5.75 Å². The largest absolute Gasteiger partial charge is 0.497 e. The molecule has 2 aliphatic rings. The predicted molar refractivity (Wildman–Crippen MR) is 132 cm³/mol. The lowest BCUT2D eigenvalue weighted by Crippen LogP contribution is -2.47. The van der Waals surface area contributed by atoms with Gasteiger partial charge in [0.25, 0.3) is 5.70 Å². The van der Waals surface area contributed by atoms with Gasteiger partial charge in [0, 0.05) is 28.8 Å². The smallest absolute Gasteiger partial charge is 0.271 e. The number of nitrogens with zero attached hydrogens (tertiary/aromatic N) is 4. The van der Waals surface area contributed by atoms with Crippen LogP contribution in [0, 0.1) is 38.2 Å². The summed E-state index contributed by atoms with van der Waals surface area (Å²) in [6.07, 6.45) is 1.40. The van der Waals surface area contributed by atoms with Crippen molar-refractivity contribution in [1.82, 2.24) is 0 Å². The van der Waals surface area contributed by atoms with Gasteiger partial charge in [-0.15, -0.1) is 0 Å². The van der Waals surface area contributed by atoms with E-state index in [1.807, 2.05) is 0 Å². The lowest BCUT2D eigenvalue weighted by molar-refractivity contribution is -0.429. The highest BCUT2D eigenvalue weighted by Crippen LogP contribution is 2.57. The Bertz CT molecular complexity index is 1450. The molecular weight excluding hydrogens is 456 g/mol. The van der Waals surface area contributed by atoms with Gasteiger partial charge in [0.1, 0.15) is 11.8 Å². The number of ether oxygens (including phenoxy) is 1. The van der Waals surface area contributed by atoms with E-state index in [9.17, 15) is 25.4 Å². The SMILES string of the molecule is COc1ccc(C(=O)C2C(c3ccccc3)C(C#N)(C#N)C3C([N+](=O)[O-])=Cc4ccccc4N23)cc1. The van der Waals surface area contributed by atoms with Crippen molar-refractivity contribution in [3.63, 3.8) is 0 Å². The van der Waals surface area contributed by atoms with Crippen molar-refractivity contribution in [2.24, 2.45) is 5.41 Å². The van der Waals surface area contributed by atoms with Crippen LogP contribution in [-0.2, 0) is 0 Å². The second-order valence-electron chi connectivity index (χ2n) is 8.71. The first-order valence-corrected chi connectivity index (χ1v) is 11.3. The van der Waals surface area contributed by atoms with Crippen LogP contribution >= 0.6 is 0 Å². The highest BCUT2D eigenvalue weighted by atomic mass is 16.6. The van der Waals surface area contributed by atoms with E-state index in [0.29, 0.717) is 28.1 Å². The van der Waals surface area contributed by atoms with Gasteiger partial charge in [-0.1, -0.05) is 48.5 Å². The number of hydrogen-bond acceptors (Lipinski definition) is 7. The second kappa shape index (κ2) is 8.68. The molecule has 36 heavy (non-hydrogen) atoms. The first-order chi connectivity index (χ1) is 17.5. The van der Waals surface area contributed by atoms with Gasteiger partial charge in [0.05, 0.1) is 24.2 Å². The number of anilines is 1. The van der Waals surface area contributed by atoms with Crippen LogP contribution in [0.3, 0.4) is 0 Å². The number of carbonyl (C=O) groups excluding carboxylic acids is 1. The third-order valence-electron chi connectivity index (χ3n) is 7.00. The zero-order valence-electron chi connectivity index (χ0n) is 19.2. The third kappa shape index (κ3) is 3.24. The van der Waals surface area contributed by atoms with Gasteiger partial charge in [-0.05, 0) is 35.9 Å². The molecule has 8 nitrogen and oxygen atoms in total. The fourth-order valence-electron chi connectivity index (χ4n) is 5.46. The summed E-state index contributed by atoms with van der Waals surface area (Å²) in [6, 6.07) is 24.3. The quantitative estimate of drug-likeness (QED) is 0.300. The van der Waals surface area contributed by atoms with Gasteiger partial charge < -0.3 is 9.64 Å². The lowest BCUT2D eigenvalue weighted by Gasteiger charge is -2.35. The van der Waals surface area contributed by atoms with Crippen molar-refractivity contribution in [2.75, 3.05) is 12.0 Å². The summed E-state index contributed by atoms with van der Waals surface area (Å²) in [5, 5.41) is 33.3. The van der Waals surface area contributed by atoms with Crippen LogP contribution in [0.4, 0.5) is 5.69 Å². The van der Waals surface area contributed by atoms with E-state index in [2.05, 4.69) is 12.1 Å². The average Bonchev–Trinajstić information content (AvgIpc) is 3.24. The first kappa shape index (κ1) is 22.8. The van der Waals surface area contributed by atoms with Crippen molar-refractivity contribution in [3.05, 3.63) is 111 Å². The average molecular weight is 476 g/mol. The minimum atomic E-state index is -1.90. The van der Waals surface area contributed by atoms with Crippen LogP contribution in [0.15, 0.2) is 84.6 Å². The van der Waals surface area contributed by atoms with Crippen molar-refractivity contribution in [3.8, 4) is 17.9 Å². The summed E-state index contributed by atoms with van der Waals surface area (Å²) in [4.78, 5) is 27.5. The number of methoxy groups -OCH3 is 1. The normalized spacial score (nSPS) is 21.2. The number of Topliss-reactive ketones (excluding diaryl/α,β-unsaturated/α-hetero) is 1. The predicted octanol–water partition coefficient (Wildman–Crippen LogP) is 4.58. The number of ketones is 1. The highest BCUT2D eigenvalue weighted by molar-refractivity contribution is 6.04. The maximum absolute atomic E-state index is 14.2. The molecule has 3 aromatic rings. The van der Waals surface area contributed by atoms with Crippen molar-refractivity contribution in [1.29, 1.82) is 10.5 Å². The number of benzene rings is 3. The molecule has 3 unspecified atom stereocenters. The zero-order chi connectivity index (χ0) is 25.4.